The monoisotopic (exact) mass is 535 g/mol. The first-order valence-corrected chi connectivity index (χ1v) is 13.5. The fourth-order valence-corrected chi connectivity index (χ4v) is 5.10. The minimum atomic E-state index is -0.357. The molecule has 0 aliphatic carbocycles. The van der Waals surface area contributed by atoms with E-state index in [4.69, 9.17) is 4.74 Å². The summed E-state index contributed by atoms with van der Waals surface area (Å²) in [5.74, 6) is -0.576. The predicted octanol–water partition coefficient (Wildman–Crippen LogP) is 3.07. The van der Waals surface area contributed by atoms with Crippen LogP contribution in [0.2, 0.25) is 0 Å². The van der Waals surface area contributed by atoms with Gasteiger partial charge in [-0.2, -0.15) is 0 Å². The van der Waals surface area contributed by atoms with Crippen molar-refractivity contribution < 1.29 is 19.1 Å². The van der Waals surface area contributed by atoms with Crippen molar-refractivity contribution in [2.45, 2.75) is 13.3 Å². The molecule has 1 fully saturated rings. The minimum Gasteiger partial charge on any atom is -0.383 e. The van der Waals surface area contributed by atoms with Crippen molar-refractivity contribution in [1.29, 1.82) is 0 Å². The summed E-state index contributed by atoms with van der Waals surface area (Å²) in [6.45, 7) is 5.47. The molecule has 2 aromatic carbocycles. The number of hydrogen-bond acceptors (Lipinski definition) is 7. The summed E-state index contributed by atoms with van der Waals surface area (Å²) in [6, 6.07) is 17.1. The van der Waals surface area contributed by atoms with Gasteiger partial charge < -0.3 is 24.8 Å². The van der Waals surface area contributed by atoms with Gasteiger partial charge >= 0.3 is 0 Å². The molecule has 1 aliphatic rings. The highest BCUT2D eigenvalue weighted by molar-refractivity contribution is 7.13. The van der Waals surface area contributed by atoms with Crippen LogP contribution in [0, 0.1) is 6.92 Å². The van der Waals surface area contributed by atoms with Gasteiger partial charge in [-0.25, -0.2) is 4.98 Å². The standard InChI is InChI=1S/C28H33N5O4S/c1-21-8-6-7-11-24(21)31-12-14-32(15-13-31)26(35)18-23-20-38-28(29-23)30-25(34)19-33(16-17-37-2)27(36)22-9-4-3-5-10-22/h3-11,20H,12-19H2,1-2H3,(H,29,30,34). The third kappa shape index (κ3) is 7.17. The number of ether oxygens (including phenoxy) is 1. The lowest BCUT2D eigenvalue weighted by Crippen LogP contribution is -2.49. The largest absolute Gasteiger partial charge is 0.383 e. The normalized spacial score (nSPS) is 13.3. The van der Waals surface area contributed by atoms with Gasteiger partial charge in [0.1, 0.15) is 6.54 Å². The number of aromatic nitrogens is 1. The van der Waals surface area contributed by atoms with Crippen LogP contribution >= 0.6 is 11.3 Å². The van der Waals surface area contributed by atoms with Crippen LogP contribution < -0.4 is 10.2 Å². The lowest BCUT2D eigenvalue weighted by Gasteiger charge is -2.36. The first-order chi connectivity index (χ1) is 18.4. The number of piperazine rings is 1. The number of carbonyl (C=O) groups excluding carboxylic acids is 3. The minimum absolute atomic E-state index is 0.0248. The molecule has 1 aliphatic heterocycles. The third-order valence-corrected chi connectivity index (χ3v) is 7.23. The van der Waals surface area contributed by atoms with Crippen LogP contribution in [-0.2, 0) is 20.7 Å². The maximum atomic E-state index is 12.9. The number of carbonyl (C=O) groups is 3. The van der Waals surface area contributed by atoms with Gasteiger partial charge in [-0.05, 0) is 30.7 Å². The molecule has 3 aromatic rings. The highest BCUT2D eigenvalue weighted by Crippen LogP contribution is 2.22. The summed E-state index contributed by atoms with van der Waals surface area (Å²) in [6.07, 6.45) is 0.184. The van der Waals surface area contributed by atoms with E-state index < -0.39 is 0 Å². The van der Waals surface area contributed by atoms with Gasteiger partial charge in [0.2, 0.25) is 11.8 Å². The Morgan fingerprint density at radius 2 is 1.74 bits per heavy atom. The number of anilines is 2. The van der Waals surface area contributed by atoms with Gasteiger partial charge in [0.25, 0.3) is 5.91 Å². The maximum absolute atomic E-state index is 12.9. The molecule has 9 nitrogen and oxygen atoms in total. The van der Waals surface area contributed by atoms with Gasteiger partial charge in [0, 0.05) is 56.5 Å². The number of amides is 3. The predicted molar refractivity (Wildman–Crippen MR) is 149 cm³/mol. The molecule has 0 radical (unpaired) electrons. The number of rotatable bonds is 10. The molecular formula is C28H33N5O4S. The quantitative estimate of drug-likeness (QED) is 0.429. The topological polar surface area (TPSA) is 95.1 Å². The van der Waals surface area contributed by atoms with E-state index in [2.05, 4.69) is 34.3 Å². The van der Waals surface area contributed by atoms with Crippen LogP contribution in [0.3, 0.4) is 0 Å². The molecule has 200 valence electrons. The van der Waals surface area contributed by atoms with Crippen molar-refractivity contribution in [3.8, 4) is 0 Å². The van der Waals surface area contributed by atoms with Crippen LogP contribution in [0.1, 0.15) is 21.6 Å². The number of nitrogens with one attached hydrogen (secondary N) is 1. The molecule has 0 unspecified atom stereocenters. The van der Waals surface area contributed by atoms with Gasteiger partial charge in [-0.3, -0.25) is 14.4 Å². The van der Waals surface area contributed by atoms with E-state index in [-0.39, 0.29) is 37.2 Å². The van der Waals surface area contributed by atoms with Crippen LogP contribution in [0.25, 0.3) is 0 Å². The summed E-state index contributed by atoms with van der Waals surface area (Å²) in [5.41, 5.74) is 3.57. The van der Waals surface area contributed by atoms with Crippen molar-refractivity contribution in [3.05, 3.63) is 76.8 Å². The van der Waals surface area contributed by atoms with Gasteiger partial charge in [0.15, 0.2) is 5.13 Å². The summed E-state index contributed by atoms with van der Waals surface area (Å²) >= 11 is 1.27. The average Bonchev–Trinajstić information content (AvgIpc) is 3.37. The Bertz CT molecular complexity index is 1240. The molecule has 10 heteroatoms. The molecular weight excluding hydrogens is 502 g/mol. The van der Waals surface area contributed by atoms with E-state index in [0.29, 0.717) is 36.1 Å². The fourth-order valence-electron chi connectivity index (χ4n) is 4.38. The highest BCUT2D eigenvalue weighted by Gasteiger charge is 2.23. The molecule has 0 atom stereocenters. The van der Waals surface area contributed by atoms with Crippen molar-refractivity contribution in [1.82, 2.24) is 14.8 Å². The Morgan fingerprint density at radius 1 is 1.03 bits per heavy atom. The number of aryl methyl sites for hydroxylation is 1. The zero-order chi connectivity index (χ0) is 26.9. The first kappa shape index (κ1) is 27.3. The molecule has 0 saturated carbocycles. The van der Waals surface area contributed by atoms with Gasteiger partial charge in [-0.1, -0.05) is 36.4 Å². The number of methoxy groups -OCH3 is 1. The zero-order valence-corrected chi connectivity index (χ0v) is 22.6. The smallest absolute Gasteiger partial charge is 0.254 e. The molecule has 1 saturated heterocycles. The second-order valence-electron chi connectivity index (χ2n) is 9.11. The number of para-hydroxylation sites is 1. The van der Waals surface area contributed by atoms with E-state index >= 15 is 0 Å². The van der Waals surface area contributed by atoms with Crippen molar-refractivity contribution in [3.63, 3.8) is 0 Å². The van der Waals surface area contributed by atoms with Crippen LogP contribution in [0.5, 0.6) is 0 Å². The van der Waals surface area contributed by atoms with Crippen LogP contribution in [0.15, 0.2) is 60.0 Å². The summed E-state index contributed by atoms with van der Waals surface area (Å²) in [7, 11) is 1.55. The number of nitrogens with zero attached hydrogens (tertiary/aromatic N) is 4. The Labute approximate surface area is 227 Å². The molecule has 1 aromatic heterocycles. The van der Waals surface area contributed by atoms with E-state index in [1.54, 1.807) is 36.8 Å². The van der Waals surface area contributed by atoms with Gasteiger partial charge in [-0.15, -0.1) is 11.3 Å². The Kier molecular flexibility index (Phi) is 9.45. The number of hydrogen-bond donors (Lipinski definition) is 1. The summed E-state index contributed by atoms with van der Waals surface area (Å²) in [4.78, 5) is 48.5. The Hall–Kier alpha value is -3.76. The van der Waals surface area contributed by atoms with Crippen molar-refractivity contribution >= 4 is 39.9 Å². The molecule has 0 bridgehead atoms. The second kappa shape index (κ2) is 13.2. The molecule has 38 heavy (non-hydrogen) atoms. The first-order valence-electron chi connectivity index (χ1n) is 12.6. The fraction of sp³-hybridized carbons (Fsp3) is 0.357. The van der Waals surface area contributed by atoms with E-state index in [1.165, 1.54) is 27.5 Å². The van der Waals surface area contributed by atoms with E-state index in [9.17, 15) is 14.4 Å². The zero-order valence-electron chi connectivity index (χ0n) is 21.8. The Balaban J connectivity index is 1.28. The number of benzene rings is 2. The third-order valence-electron chi connectivity index (χ3n) is 6.43. The highest BCUT2D eigenvalue weighted by atomic mass is 32.1. The second-order valence-corrected chi connectivity index (χ2v) is 9.97. The van der Waals surface area contributed by atoms with Crippen LogP contribution in [0.4, 0.5) is 10.8 Å². The molecule has 4 rings (SSSR count). The Morgan fingerprint density at radius 3 is 2.45 bits per heavy atom. The molecule has 0 spiro atoms. The van der Waals surface area contributed by atoms with Crippen LogP contribution in [-0.4, -0.2) is 85.5 Å². The van der Waals surface area contributed by atoms with Crippen molar-refractivity contribution in [2.24, 2.45) is 0 Å². The lowest BCUT2D eigenvalue weighted by molar-refractivity contribution is -0.130. The van der Waals surface area contributed by atoms with Gasteiger partial charge in [0.05, 0.1) is 18.7 Å². The number of thiazole rings is 1. The van der Waals surface area contributed by atoms with Crippen molar-refractivity contribution in [2.75, 3.05) is 63.2 Å². The average molecular weight is 536 g/mol. The maximum Gasteiger partial charge on any atom is 0.254 e. The lowest BCUT2D eigenvalue weighted by atomic mass is 10.1. The summed E-state index contributed by atoms with van der Waals surface area (Å²) < 4.78 is 5.11. The molecule has 2 heterocycles. The summed E-state index contributed by atoms with van der Waals surface area (Å²) in [5, 5.41) is 4.95. The SMILES string of the molecule is COCCN(CC(=O)Nc1nc(CC(=O)N2CCN(c3ccccc3C)CC2)cs1)C(=O)c1ccccc1. The van der Waals surface area contributed by atoms with E-state index in [0.717, 1.165) is 13.1 Å². The molecule has 3 amide bonds. The van der Waals surface area contributed by atoms with E-state index in [1.807, 2.05) is 23.1 Å². The molecule has 1 N–H and O–H groups in total.